The number of hydrogen-bond donors (Lipinski definition) is 0. The first kappa shape index (κ1) is 15.1. The topological polar surface area (TPSA) is 83.7 Å². The fourth-order valence-corrected chi connectivity index (χ4v) is 2.47. The maximum absolute atomic E-state index is 12.5. The molecule has 0 N–H and O–H groups in total. The van der Waals surface area contributed by atoms with Gasteiger partial charge in [-0.05, 0) is 24.1 Å². The summed E-state index contributed by atoms with van der Waals surface area (Å²) in [5.41, 5.74) is 10.5. The molecular weight excluding hydrogens is 266 g/mol. The Morgan fingerprint density at radius 1 is 1.43 bits per heavy atom. The van der Waals surface area contributed by atoms with E-state index in [1.807, 2.05) is 24.3 Å². The van der Waals surface area contributed by atoms with Crippen molar-refractivity contribution in [2.24, 2.45) is 12.2 Å². The van der Waals surface area contributed by atoms with Crippen molar-refractivity contribution in [1.82, 2.24) is 9.55 Å². The Balaban J connectivity index is 2.53. The van der Waals surface area contributed by atoms with Crippen molar-refractivity contribution in [3.63, 3.8) is 0 Å². The van der Waals surface area contributed by atoms with Crippen molar-refractivity contribution in [2.75, 3.05) is 6.54 Å². The number of benzene rings is 1. The molecule has 1 aromatic heterocycles. The predicted octanol–water partition coefficient (Wildman–Crippen LogP) is 3.52. The third-order valence-electron chi connectivity index (χ3n) is 3.67. The van der Waals surface area contributed by atoms with Crippen LogP contribution in [0.2, 0.25) is 0 Å². The second-order valence-corrected chi connectivity index (χ2v) is 5.10. The summed E-state index contributed by atoms with van der Waals surface area (Å²) in [6.07, 6.45) is 2.81. The second-order valence-electron chi connectivity index (χ2n) is 5.10. The van der Waals surface area contributed by atoms with E-state index in [9.17, 15) is 4.79 Å². The summed E-state index contributed by atoms with van der Waals surface area (Å²) >= 11 is 0. The number of unbranched alkanes of at least 4 members (excludes halogenated alkanes) is 1. The number of hydrogen-bond acceptors (Lipinski definition) is 3. The lowest BCUT2D eigenvalue weighted by Gasteiger charge is -2.15. The van der Waals surface area contributed by atoms with E-state index in [1.54, 1.807) is 11.6 Å². The third kappa shape index (κ3) is 3.23. The zero-order valence-electron chi connectivity index (χ0n) is 12.4. The second kappa shape index (κ2) is 6.90. The van der Waals surface area contributed by atoms with Gasteiger partial charge in [0.2, 0.25) is 0 Å². The third-order valence-corrected chi connectivity index (χ3v) is 3.67. The van der Waals surface area contributed by atoms with Crippen molar-refractivity contribution in [3.05, 3.63) is 50.8 Å². The molecule has 1 heterocycles. The zero-order valence-corrected chi connectivity index (χ0v) is 12.4. The SMILES string of the molecule is CCCC[C@H](CN=[N+]=[N-])c1nc2ccccc2n(C)c1=O. The number of fused-ring (bicyclic) bond motifs is 1. The van der Waals surface area contributed by atoms with Gasteiger partial charge in [0.25, 0.3) is 5.56 Å². The van der Waals surface area contributed by atoms with Crippen LogP contribution >= 0.6 is 0 Å². The Morgan fingerprint density at radius 3 is 2.90 bits per heavy atom. The van der Waals surface area contributed by atoms with Gasteiger partial charge in [-0.25, -0.2) is 4.98 Å². The largest absolute Gasteiger partial charge is 0.308 e. The minimum atomic E-state index is -0.121. The molecule has 110 valence electrons. The van der Waals surface area contributed by atoms with E-state index in [-0.39, 0.29) is 18.0 Å². The number of rotatable bonds is 6. The van der Waals surface area contributed by atoms with Crippen molar-refractivity contribution >= 4 is 11.0 Å². The van der Waals surface area contributed by atoms with Crippen LogP contribution in [0.5, 0.6) is 0 Å². The monoisotopic (exact) mass is 285 g/mol. The molecular formula is C15H19N5O. The van der Waals surface area contributed by atoms with Gasteiger partial charge in [-0.15, -0.1) is 0 Å². The van der Waals surface area contributed by atoms with Gasteiger partial charge in [-0.2, -0.15) is 0 Å². The van der Waals surface area contributed by atoms with Gasteiger partial charge < -0.3 is 4.57 Å². The molecule has 0 amide bonds. The molecule has 0 aliphatic heterocycles. The maximum Gasteiger partial charge on any atom is 0.272 e. The summed E-state index contributed by atoms with van der Waals surface area (Å²) < 4.78 is 1.62. The molecule has 6 nitrogen and oxygen atoms in total. The van der Waals surface area contributed by atoms with Gasteiger partial charge in [-0.1, -0.05) is 37.0 Å². The fourth-order valence-electron chi connectivity index (χ4n) is 2.47. The van der Waals surface area contributed by atoms with Gasteiger partial charge in [0.1, 0.15) is 5.69 Å². The van der Waals surface area contributed by atoms with E-state index in [0.717, 1.165) is 30.3 Å². The molecule has 1 atom stereocenters. The van der Waals surface area contributed by atoms with E-state index in [0.29, 0.717) is 5.69 Å². The van der Waals surface area contributed by atoms with Crippen LogP contribution in [0.1, 0.15) is 37.8 Å². The summed E-state index contributed by atoms with van der Waals surface area (Å²) in [6.45, 7) is 2.37. The molecule has 21 heavy (non-hydrogen) atoms. The average molecular weight is 285 g/mol. The highest BCUT2D eigenvalue weighted by Gasteiger charge is 2.18. The van der Waals surface area contributed by atoms with Crippen LogP contribution < -0.4 is 5.56 Å². The Labute approximate surface area is 123 Å². The van der Waals surface area contributed by atoms with E-state index in [4.69, 9.17) is 5.53 Å². The normalized spacial score (nSPS) is 12.1. The molecule has 0 saturated carbocycles. The van der Waals surface area contributed by atoms with Gasteiger partial charge in [-0.3, -0.25) is 4.79 Å². The molecule has 0 spiro atoms. The highest BCUT2D eigenvalue weighted by Crippen LogP contribution is 2.20. The quantitative estimate of drug-likeness (QED) is 0.462. The first-order valence-electron chi connectivity index (χ1n) is 7.15. The van der Waals surface area contributed by atoms with Crippen molar-refractivity contribution in [1.29, 1.82) is 0 Å². The van der Waals surface area contributed by atoms with Crippen molar-refractivity contribution in [2.45, 2.75) is 32.1 Å². The van der Waals surface area contributed by atoms with E-state index >= 15 is 0 Å². The van der Waals surface area contributed by atoms with Gasteiger partial charge in [0.15, 0.2) is 0 Å². The predicted molar refractivity (Wildman–Crippen MR) is 83.3 cm³/mol. The van der Waals surface area contributed by atoms with Crippen LogP contribution in [-0.4, -0.2) is 16.1 Å². The molecule has 2 aromatic rings. The zero-order chi connectivity index (χ0) is 15.2. The van der Waals surface area contributed by atoms with Crippen LogP contribution in [-0.2, 0) is 7.05 Å². The lowest BCUT2D eigenvalue weighted by Crippen LogP contribution is -2.26. The van der Waals surface area contributed by atoms with Crippen LogP contribution in [0.15, 0.2) is 34.2 Å². The number of nitrogens with zero attached hydrogens (tertiary/aromatic N) is 5. The van der Waals surface area contributed by atoms with Crippen LogP contribution in [0.3, 0.4) is 0 Å². The maximum atomic E-state index is 12.5. The molecule has 0 unspecified atom stereocenters. The van der Waals surface area contributed by atoms with Crippen molar-refractivity contribution in [3.8, 4) is 0 Å². The van der Waals surface area contributed by atoms with E-state index < -0.39 is 0 Å². The van der Waals surface area contributed by atoms with Gasteiger partial charge in [0, 0.05) is 24.4 Å². The summed E-state index contributed by atoms with van der Waals surface area (Å²) in [5, 5.41) is 3.64. The van der Waals surface area contributed by atoms with E-state index in [1.165, 1.54) is 0 Å². The molecule has 0 radical (unpaired) electrons. The molecule has 0 bridgehead atoms. The number of aromatic nitrogens is 2. The number of aryl methyl sites for hydroxylation is 1. The van der Waals surface area contributed by atoms with Crippen LogP contribution in [0, 0.1) is 0 Å². The summed E-state index contributed by atoms with van der Waals surface area (Å²) in [6, 6.07) is 7.56. The van der Waals surface area contributed by atoms with Crippen LogP contribution in [0.25, 0.3) is 21.5 Å². The molecule has 0 fully saturated rings. The molecule has 0 saturated heterocycles. The summed E-state index contributed by atoms with van der Waals surface area (Å²) in [5.74, 6) is -0.121. The molecule has 6 heteroatoms. The standard InChI is InChI=1S/C15H19N5O/c1-3-4-7-11(10-17-19-16)14-15(21)20(2)13-9-6-5-8-12(13)18-14/h5-6,8-9,11H,3-4,7,10H2,1-2H3/t11-/m1/s1. The molecule has 1 aromatic carbocycles. The Kier molecular flexibility index (Phi) is 4.95. The molecule has 2 rings (SSSR count). The fraction of sp³-hybridized carbons (Fsp3) is 0.467. The Hall–Kier alpha value is -2.33. The highest BCUT2D eigenvalue weighted by molar-refractivity contribution is 5.74. The van der Waals surface area contributed by atoms with Crippen molar-refractivity contribution < 1.29 is 0 Å². The first-order chi connectivity index (χ1) is 10.2. The van der Waals surface area contributed by atoms with Crippen LogP contribution in [0.4, 0.5) is 0 Å². The van der Waals surface area contributed by atoms with Gasteiger partial charge in [0.05, 0.1) is 11.0 Å². The minimum Gasteiger partial charge on any atom is -0.308 e. The number of para-hydroxylation sites is 2. The average Bonchev–Trinajstić information content (AvgIpc) is 2.51. The summed E-state index contributed by atoms with van der Waals surface area (Å²) in [4.78, 5) is 19.9. The first-order valence-corrected chi connectivity index (χ1v) is 7.15. The van der Waals surface area contributed by atoms with Gasteiger partial charge >= 0.3 is 0 Å². The minimum absolute atomic E-state index is 0.108. The lowest BCUT2D eigenvalue weighted by molar-refractivity contribution is 0.570. The smallest absolute Gasteiger partial charge is 0.272 e. The lowest BCUT2D eigenvalue weighted by atomic mass is 9.98. The Morgan fingerprint density at radius 2 is 2.19 bits per heavy atom. The Bertz CT molecular complexity index is 730. The summed E-state index contributed by atoms with van der Waals surface area (Å²) in [7, 11) is 1.75. The highest BCUT2D eigenvalue weighted by atomic mass is 16.1. The molecule has 0 aliphatic carbocycles. The molecule has 0 aliphatic rings. The number of azide groups is 1. The van der Waals surface area contributed by atoms with E-state index in [2.05, 4.69) is 21.9 Å².